The van der Waals surface area contributed by atoms with Crippen LogP contribution in [0.25, 0.3) is 0 Å². The fourth-order valence-electron chi connectivity index (χ4n) is 1.74. The van der Waals surface area contributed by atoms with E-state index in [-0.39, 0.29) is 12.4 Å². The Morgan fingerprint density at radius 3 is 2.47 bits per heavy atom. The highest BCUT2D eigenvalue weighted by Crippen LogP contribution is 2.22. The van der Waals surface area contributed by atoms with Crippen LogP contribution in [-0.4, -0.2) is 31.2 Å². The number of thiazole rings is 1. The minimum Gasteiger partial charge on any atom is -0.469 e. The smallest absolute Gasteiger partial charge is 0.311 e. The highest BCUT2D eigenvalue weighted by atomic mass is 32.1. The highest BCUT2D eigenvalue weighted by Gasteiger charge is 2.12. The third-order valence-corrected chi connectivity index (χ3v) is 3.88. The van der Waals surface area contributed by atoms with E-state index in [4.69, 9.17) is 0 Å². The number of carbonyl (C=O) groups is 1. The van der Waals surface area contributed by atoms with E-state index in [0.717, 1.165) is 23.9 Å². The van der Waals surface area contributed by atoms with Gasteiger partial charge in [-0.25, -0.2) is 4.98 Å². The summed E-state index contributed by atoms with van der Waals surface area (Å²) in [5.41, 5.74) is 0.810. The number of hydrogen-bond donors (Lipinski definition) is 0. The molecule has 0 aliphatic rings. The molecule has 0 N–H and O–H groups in total. The van der Waals surface area contributed by atoms with Crippen molar-refractivity contribution in [3.05, 3.63) is 11.1 Å². The first-order valence-electron chi connectivity index (χ1n) is 6.97. The molecule has 0 spiro atoms. The summed E-state index contributed by atoms with van der Waals surface area (Å²) in [5, 5.41) is 2.98. The lowest BCUT2D eigenvalue weighted by atomic mass is 10.3. The van der Waals surface area contributed by atoms with Crippen molar-refractivity contribution >= 4 is 22.4 Å². The van der Waals surface area contributed by atoms with Gasteiger partial charge in [-0.05, 0) is 12.8 Å². The lowest BCUT2D eigenvalue weighted by Gasteiger charge is -2.21. The maximum absolute atomic E-state index is 11.2. The monoisotopic (exact) mass is 284 g/mol. The van der Waals surface area contributed by atoms with Gasteiger partial charge in [0.2, 0.25) is 0 Å². The molecule has 1 aromatic heterocycles. The Kier molecular flexibility index (Phi) is 7.48. The standard InChI is InChI=1S/C14H24N2O2S/c1-4-6-8-16(9-7-5-2)14-15-12(11-19-14)10-13(17)18-3/h11H,4-10H2,1-3H3. The number of aromatic nitrogens is 1. The summed E-state index contributed by atoms with van der Waals surface area (Å²) in [6, 6.07) is 0. The first kappa shape index (κ1) is 16.0. The number of hydrogen-bond acceptors (Lipinski definition) is 5. The van der Waals surface area contributed by atoms with Gasteiger partial charge in [0.15, 0.2) is 5.13 Å². The molecule has 108 valence electrons. The molecule has 0 saturated heterocycles. The van der Waals surface area contributed by atoms with Gasteiger partial charge < -0.3 is 9.64 Å². The molecule has 0 fully saturated rings. The van der Waals surface area contributed by atoms with Crippen LogP contribution >= 0.6 is 11.3 Å². The molecule has 1 heterocycles. The van der Waals surface area contributed by atoms with Gasteiger partial charge in [-0.1, -0.05) is 26.7 Å². The van der Waals surface area contributed by atoms with Crippen LogP contribution in [0.2, 0.25) is 0 Å². The summed E-state index contributed by atoms with van der Waals surface area (Å²) >= 11 is 1.62. The first-order chi connectivity index (χ1) is 9.21. The Balaban J connectivity index is 2.64. The molecular formula is C14H24N2O2S. The molecule has 1 aromatic rings. The average molecular weight is 284 g/mol. The Morgan fingerprint density at radius 2 is 1.95 bits per heavy atom. The topological polar surface area (TPSA) is 42.4 Å². The largest absolute Gasteiger partial charge is 0.469 e. The number of ether oxygens (including phenoxy) is 1. The van der Waals surface area contributed by atoms with Crippen LogP contribution in [0, 0.1) is 0 Å². The predicted octanol–water partition coefficient (Wildman–Crippen LogP) is 3.27. The van der Waals surface area contributed by atoms with Crippen molar-refractivity contribution in [2.45, 2.75) is 46.0 Å². The van der Waals surface area contributed by atoms with Crippen LogP contribution in [0.3, 0.4) is 0 Å². The van der Waals surface area contributed by atoms with E-state index in [2.05, 4.69) is 28.5 Å². The molecule has 0 amide bonds. The SMILES string of the molecule is CCCCN(CCCC)c1nc(CC(=O)OC)cs1. The van der Waals surface area contributed by atoms with Gasteiger partial charge in [0.05, 0.1) is 19.2 Å². The van der Waals surface area contributed by atoms with E-state index in [1.807, 2.05) is 5.38 Å². The number of rotatable bonds is 9. The lowest BCUT2D eigenvalue weighted by molar-refractivity contribution is -0.139. The van der Waals surface area contributed by atoms with Crippen molar-refractivity contribution in [3.8, 4) is 0 Å². The Hall–Kier alpha value is -1.10. The lowest BCUT2D eigenvalue weighted by Crippen LogP contribution is -2.25. The summed E-state index contributed by atoms with van der Waals surface area (Å²) in [6.45, 7) is 6.48. The van der Waals surface area contributed by atoms with Gasteiger partial charge in [-0.3, -0.25) is 4.79 Å². The van der Waals surface area contributed by atoms with E-state index in [0.29, 0.717) is 0 Å². The van der Waals surface area contributed by atoms with E-state index >= 15 is 0 Å². The molecule has 5 heteroatoms. The molecule has 0 atom stereocenters. The summed E-state index contributed by atoms with van der Waals surface area (Å²) in [7, 11) is 1.41. The maximum atomic E-state index is 11.2. The molecule has 0 aliphatic heterocycles. The molecule has 19 heavy (non-hydrogen) atoms. The van der Waals surface area contributed by atoms with E-state index in [1.54, 1.807) is 11.3 Å². The molecule has 0 saturated carbocycles. The van der Waals surface area contributed by atoms with Crippen LogP contribution < -0.4 is 4.90 Å². The average Bonchev–Trinajstić information content (AvgIpc) is 2.87. The third kappa shape index (κ3) is 5.59. The zero-order valence-electron chi connectivity index (χ0n) is 12.1. The van der Waals surface area contributed by atoms with Crippen LogP contribution in [0.15, 0.2) is 5.38 Å². The van der Waals surface area contributed by atoms with Gasteiger partial charge in [0.1, 0.15) is 0 Å². The summed E-state index contributed by atoms with van der Waals surface area (Å²) < 4.78 is 4.67. The van der Waals surface area contributed by atoms with Crippen LogP contribution in [0.4, 0.5) is 5.13 Å². The molecule has 0 bridgehead atoms. The van der Waals surface area contributed by atoms with Gasteiger partial charge in [0, 0.05) is 18.5 Å². The summed E-state index contributed by atoms with van der Waals surface area (Å²) in [5.74, 6) is -0.231. The molecule has 0 aliphatic carbocycles. The van der Waals surface area contributed by atoms with Crippen LogP contribution in [-0.2, 0) is 16.0 Å². The second kappa shape index (κ2) is 8.91. The van der Waals surface area contributed by atoms with Crippen LogP contribution in [0.1, 0.15) is 45.2 Å². The van der Waals surface area contributed by atoms with Crippen molar-refractivity contribution < 1.29 is 9.53 Å². The van der Waals surface area contributed by atoms with Gasteiger partial charge in [-0.2, -0.15) is 0 Å². The molecule has 0 radical (unpaired) electrons. The second-order valence-electron chi connectivity index (χ2n) is 4.57. The zero-order chi connectivity index (χ0) is 14.1. The Labute approximate surface area is 119 Å². The molecule has 0 aromatic carbocycles. The van der Waals surface area contributed by atoms with Gasteiger partial charge in [0.25, 0.3) is 0 Å². The van der Waals surface area contributed by atoms with Gasteiger partial charge >= 0.3 is 5.97 Å². The van der Waals surface area contributed by atoms with E-state index in [9.17, 15) is 4.79 Å². The van der Waals surface area contributed by atoms with E-state index in [1.165, 1.54) is 32.8 Å². The van der Waals surface area contributed by atoms with Crippen LogP contribution in [0.5, 0.6) is 0 Å². The number of carbonyl (C=O) groups excluding carboxylic acids is 1. The number of unbranched alkanes of at least 4 members (excludes halogenated alkanes) is 2. The number of anilines is 1. The molecular weight excluding hydrogens is 260 g/mol. The molecule has 1 rings (SSSR count). The number of esters is 1. The minimum atomic E-state index is -0.231. The predicted molar refractivity (Wildman–Crippen MR) is 79.9 cm³/mol. The number of methoxy groups -OCH3 is 1. The highest BCUT2D eigenvalue weighted by molar-refractivity contribution is 7.13. The van der Waals surface area contributed by atoms with Crippen molar-refractivity contribution in [2.75, 3.05) is 25.1 Å². The fraction of sp³-hybridized carbons (Fsp3) is 0.714. The van der Waals surface area contributed by atoms with E-state index < -0.39 is 0 Å². The number of nitrogens with zero attached hydrogens (tertiary/aromatic N) is 2. The minimum absolute atomic E-state index is 0.231. The first-order valence-corrected chi connectivity index (χ1v) is 7.85. The second-order valence-corrected chi connectivity index (χ2v) is 5.41. The van der Waals surface area contributed by atoms with Crippen molar-refractivity contribution in [2.24, 2.45) is 0 Å². The Morgan fingerprint density at radius 1 is 1.32 bits per heavy atom. The van der Waals surface area contributed by atoms with Gasteiger partial charge in [-0.15, -0.1) is 11.3 Å². The Bertz CT molecular complexity index is 371. The summed E-state index contributed by atoms with van der Waals surface area (Å²) in [4.78, 5) is 18.1. The quantitative estimate of drug-likeness (QED) is 0.653. The van der Waals surface area contributed by atoms with Crippen molar-refractivity contribution in [1.29, 1.82) is 0 Å². The molecule has 0 unspecified atom stereocenters. The van der Waals surface area contributed by atoms with Crippen molar-refractivity contribution in [3.63, 3.8) is 0 Å². The summed E-state index contributed by atoms with van der Waals surface area (Å²) in [6.07, 6.45) is 4.99. The third-order valence-electron chi connectivity index (χ3n) is 2.93. The fourth-order valence-corrected chi connectivity index (χ4v) is 2.62. The maximum Gasteiger partial charge on any atom is 0.311 e. The molecule has 4 nitrogen and oxygen atoms in total. The van der Waals surface area contributed by atoms with Crippen molar-refractivity contribution in [1.82, 2.24) is 4.98 Å². The normalized spacial score (nSPS) is 10.5. The zero-order valence-corrected chi connectivity index (χ0v) is 13.0.